The van der Waals surface area contributed by atoms with Gasteiger partial charge in [0.05, 0.1) is 0 Å². The van der Waals surface area contributed by atoms with Gasteiger partial charge in [0.1, 0.15) is 0 Å². The number of hydrogen-bond donors (Lipinski definition) is 0. The second-order valence-corrected chi connectivity index (χ2v) is 15.7. The van der Waals surface area contributed by atoms with E-state index in [4.69, 9.17) is 0 Å². The number of benzene rings is 2. The van der Waals surface area contributed by atoms with Crippen LogP contribution in [0.5, 0.6) is 0 Å². The zero-order chi connectivity index (χ0) is 21.2. The molecule has 0 N–H and O–H groups in total. The monoisotopic (exact) mass is 552 g/mol. The minimum Gasteiger partial charge on any atom is -1.00 e. The maximum Gasteiger partial charge on any atom is -1.00 e. The van der Waals surface area contributed by atoms with E-state index in [-0.39, 0.29) is 24.8 Å². The molecule has 1 atom stereocenters. The molecule has 0 radical (unpaired) electrons. The molecule has 0 spiro atoms. The molecule has 0 amide bonds. The van der Waals surface area contributed by atoms with E-state index in [1.54, 1.807) is 23.2 Å². The molecule has 5 rings (SSSR count). The first-order chi connectivity index (χ1) is 15.2. The van der Waals surface area contributed by atoms with Crippen LogP contribution in [0, 0.1) is 5.92 Å². The summed E-state index contributed by atoms with van der Waals surface area (Å²) >= 11 is -2.29. The molecule has 2 aromatic rings. The van der Waals surface area contributed by atoms with Crippen LogP contribution in [0.25, 0.3) is 0 Å². The summed E-state index contributed by atoms with van der Waals surface area (Å²) in [6, 6.07) is 22.6. The van der Waals surface area contributed by atoms with E-state index in [0.29, 0.717) is 9.54 Å². The van der Waals surface area contributed by atoms with Gasteiger partial charge >= 0.3 is 196 Å². The third-order valence-corrected chi connectivity index (χ3v) is 15.2. The first-order valence-electron chi connectivity index (χ1n) is 11.9. The quantitative estimate of drug-likeness (QED) is 0.531. The van der Waals surface area contributed by atoms with Crippen LogP contribution in [0.2, 0.25) is 3.63 Å². The molecule has 1 unspecified atom stereocenters. The fraction of sp³-hybridized carbons (Fsp3) is 0.300. The smallest absolute Gasteiger partial charge is 1.00 e. The third kappa shape index (κ3) is 5.53. The molecule has 0 aromatic heterocycles. The van der Waals surface area contributed by atoms with E-state index in [1.165, 1.54) is 43.2 Å². The van der Waals surface area contributed by atoms with Crippen LogP contribution < -0.4 is 24.8 Å². The van der Waals surface area contributed by atoms with Crippen LogP contribution in [0.1, 0.15) is 57.1 Å². The predicted molar refractivity (Wildman–Crippen MR) is 130 cm³/mol. The van der Waals surface area contributed by atoms with E-state index in [0.717, 1.165) is 0 Å². The molecule has 0 heterocycles. The van der Waals surface area contributed by atoms with Crippen molar-refractivity contribution in [1.82, 2.24) is 0 Å². The normalized spacial score (nSPS) is 18.5. The van der Waals surface area contributed by atoms with Gasteiger partial charge < -0.3 is 24.8 Å². The summed E-state index contributed by atoms with van der Waals surface area (Å²) < 4.78 is 4.14. The largest absolute Gasteiger partial charge is 1.00 e. The Kier molecular flexibility index (Phi) is 9.52. The molecule has 0 bridgehead atoms. The molecule has 33 heavy (non-hydrogen) atoms. The minimum atomic E-state index is -2.29. The van der Waals surface area contributed by atoms with Gasteiger partial charge in [-0.2, -0.15) is 0 Å². The fourth-order valence-electron chi connectivity index (χ4n) is 5.44. The van der Waals surface area contributed by atoms with Gasteiger partial charge in [0.15, 0.2) is 0 Å². The van der Waals surface area contributed by atoms with Crippen LogP contribution >= 0.6 is 0 Å². The fourth-order valence-corrected chi connectivity index (χ4v) is 14.3. The number of halogens is 2. The predicted octanol–water partition coefficient (Wildman–Crippen LogP) is 1.98. The molecule has 2 aromatic carbocycles. The molecule has 3 heteroatoms. The summed E-state index contributed by atoms with van der Waals surface area (Å²) in [6.07, 6.45) is 16.7. The van der Waals surface area contributed by atoms with Crippen molar-refractivity contribution in [3.05, 3.63) is 116 Å². The van der Waals surface area contributed by atoms with Crippen molar-refractivity contribution in [3.8, 4) is 0 Å². The topological polar surface area (TPSA) is 0 Å². The Morgan fingerprint density at radius 1 is 0.848 bits per heavy atom. The van der Waals surface area contributed by atoms with Gasteiger partial charge in [-0.05, 0) is 0 Å². The van der Waals surface area contributed by atoms with Crippen LogP contribution in [-0.2, 0) is 21.3 Å². The van der Waals surface area contributed by atoms with Gasteiger partial charge in [-0.25, -0.2) is 0 Å². The standard InChI is InChI=1S/C13H10.C9H11.C8H11.2ClH.Zr/c1-3-7-12(8-4-1)11-13-9-5-2-6-10-13;1-2-5-9-7-3-6-8(9)4-1;1-7(2)8-5-3-4-6-8;;;/h1-10H;3,6-7H,1-2,4-5H2;5-7H,3H2,1-2H3;2*1H;/q;;;;;+2/p-2. The zero-order valence-electron chi connectivity index (χ0n) is 19.5. The van der Waals surface area contributed by atoms with Crippen molar-refractivity contribution in [2.24, 2.45) is 5.92 Å². The average molecular weight is 555 g/mol. The molecule has 0 saturated carbocycles. The van der Waals surface area contributed by atoms with Crippen molar-refractivity contribution in [3.63, 3.8) is 0 Å². The first-order valence-corrected chi connectivity index (χ1v) is 15.8. The number of hydrogen-bond acceptors (Lipinski definition) is 0. The second kappa shape index (κ2) is 11.9. The van der Waals surface area contributed by atoms with E-state index < -0.39 is 21.3 Å². The molecule has 3 aliphatic rings. The Bertz CT molecular complexity index is 1080. The Morgan fingerprint density at radius 3 is 2.03 bits per heavy atom. The van der Waals surface area contributed by atoms with E-state index >= 15 is 0 Å². The number of rotatable bonds is 5. The van der Waals surface area contributed by atoms with Crippen molar-refractivity contribution < 1.29 is 46.1 Å². The molecular weight excluding hydrogens is 522 g/mol. The van der Waals surface area contributed by atoms with Gasteiger partial charge in [0, 0.05) is 0 Å². The first kappa shape index (κ1) is 26.3. The maximum absolute atomic E-state index is 2.62. The van der Waals surface area contributed by atoms with Crippen molar-refractivity contribution in [1.29, 1.82) is 0 Å². The van der Waals surface area contributed by atoms with Crippen LogP contribution in [0.3, 0.4) is 0 Å². The molecule has 0 aliphatic heterocycles. The summed E-state index contributed by atoms with van der Waals surface area (Å²) in [5, 5.41) is 0. The molecule has 0 saturated heterocycles. The number of allylic oxidation sites excluding steroid dienone is 8. The summed E-state index contributed by atoms with van der Waals surface area (Å²) in [6.45, 7) is 4.68. The molecular formula is C30H32Cl2Zr. The SMILES string of the molecule is CC(C)C1=CC[C]([Zr+2](=[C](c2ccccc2)c2ccccc2)[CH]2C=CC3=C2CCCC3)=C1.[Cl-].[Cl-]. The van der Waals surface area contributed by atoms with Crippen molar-refractivity contribution >= 4 is 3.21 Å². The van der Waals surface area contributed by atoms with E-state index in [2.05, 4.69) is 98.8 Å². The summed E-state index contributed by atoms with van der Waals surface area (Å²) in [7, 11) is 0. The second-order valence-electron chi connectivity index (χ2n) is 9.35. The van der Waals surface area contributed by atoms with Crippen LogP contribution in [0.15, 0.2) is 105 Å². The van der Waals surface area contributed by atoms with E-state index in [9.17, 15) is 0 Å². The average Bonchev–Trinajstić information content (AvgIpc) is 3.47. The Balaban J connectivity index is 0.00000153. The Hall–Kier alpha value is -1.27. The van der Waals surface area contributed by atoms with Crippen LogP contribution in [-0.4, -0.2) is 3.21 Å². The van der Waals surface area contributed by atoms with Crippen molar-refractivity contribution in [2.75, 3.05) is 0 Å². The molecule has 170 valence electrons. The summed E-state index contributed by atoms with van der Waals surface area (Å²) in [4.78, 5) is 0. The van der Waals surface area contributed by atoms with Gasteiger partial charge in [0.2, 0.25) is 0 Å². The van der Waals surface area contributed by atoms with E-state index in [1.807, 2.05) is 0 Å². The van der Waals surface area contributed by atoms with Gasteiger partial charge in [-0.15, -0.1) is 0 Å². The minimum absolute atomic E-state index is 0. The van der Waals surface area contributed by atoms with Gasteiger partial charge in [0.25, 0.3) is 0 Å². The summed E-state index contributed by atoms with van der Waals surface area (Å²) in [5.74, 6) is 0.614. The maximum atomic E-state index is 2.62. The molecule has 0 fully saturated rings. The molecule has 3 aliphatic carbocycles. The third-order valence-electron chi connectivity index (χ3n) is 7.04. The molecule has 0 nitrogen and oxygen atoms in total. The van der Waals surface area contributed by atoms with Crippen LogP contribution in [0.4, 0.5) is 0 Å². The van der Waals surface area contributed by atoms with Gasteiger partial charge in [-0.1, -0.05) is 0 Å². The zero-order valence-corrected chi connectivity index (χ0v) is 23.5. The van der Waals surface area contributed by atoms with Gasteiger partial charge in [-0.3, -0.25) is 0 Å². The summed E-state index contributed by atoms with van der Waals surface area (Å²) in [5.41, 5.74) is 7.91. The van der Waals surface area contributed by atoms with Crippen molar-refractivity contribution in [2.45, 2.75) is 49.6 Å². The Labute approximate surface area is 219 Å². The Morgan fingerprint density at radius 2 is 1.45 bits per heavy atom.